The highest BCUT2D eigenvalue weighted by Crippen LogP contribution is 1.94. The third-order valence-corrected chi connectivity index (χ3v) is 1.90. The van der Waals surface area contributed by atoms with Gasteiger partial charge in [0, 0.05) is 19.6 Å². The summed E-state index contributed by atoms with van der Waals surface area (Å²) in [6, 6.07) is 0. The molecule has 0 heterocycles. The first-order chi connectivity index (χ1) is 6.70. The van der Waals surface area contributed by atoms with Crippen molar-refractivity contribution < 1.29 is 9.53 Å². The maximum absolute atomic E-state index is 11.2. The summed E-state index contributed by atoms with van der Waals surface area (Å²) in [5.74, 6) is 0.0880. The molecule has 0 aromatic carbocycles. The molecule has 0 aliphatic rings. The fourth-order valence-electron chi connectivity index (χ4n) is 1.12. The first kappa shape index (κ1) is 13.4. The molecule has 0 aromatic heterocycles. The van der Waals surface area contributed by atoms with Crippen molar-refractivity contribution in [3.05, 3.63) is 0 Å². The predicted molar refractivity (Wildman–Crippen MR) is 57.0 cm³/mol. The molecule has 0 spiro atoms. The smallest absolute Gasteiger partial charge is 0.220 e. The number of hydrogen-bond acceptors (Lipinski definition) is 3. The van der Waals surface area contributed by atoms with E-state index in [0.717, 1.165) is 12.8 Å². The Kier molecular flexibility index (Phi) is 8.57. The molecule has 0 bridgehead atoms. The summed E-state index contributed by atoms with van der Waals surface area (Å²) in [5, 5.41) is 2.82. The van der Waals surface area contributed by atoms with E-state index < -0.39 is 0 Å². The minimum absolute atomic E-state index is 0.0880. The van der Waals surface area contributed by atoms with Gasteiger partial charge in [0.1, 0.15) is 0 Å². The van der Waals surface area contributed by atoms with Gasteiger partial charge >= 0.3 is 0 Å². The molecule has 4 heteroatoms. The lowest BCUT2D eigenvalue weighted by Gasteiger charge is -2.12. The first-order valence-electron chi connectivity index (χ1n) is 5.29. The van der Waals surface area contributed by atoms with E-state index in [1.807, 2.05) is 13.8 Å². The van der Waals surface area contributed by atoms with Crippen LogP contribution in [0.2, 0.25) is 0 Å². The van der Waals surface area contributed by atoms with Crippen molar-refractivity contribution in [3.63, 3.8) is 0 Å². The molecule has 84 valence electrons. The van der Waals surface area contributed by atoms with Crippen molar-refractivity contribution in [2.45, 2.75) is 39.2 Å². The van der Waals surface area contributed by atoms with Crippen LogP contribution in [-0.4, -0.2) is 31.7 Å². The van der Waals surface area contributed by atoms with Crippen LogP contribution >= 0.6 is 0 Å². The second kappa shape index (κ2) is 8.97. The van der Waals surface area contributed by atoms with Crippen molar-refractivity contribution in [2.24, 2.45) is 5.73 Å². The summed E-state index contributed by atoms with van der Waals surface area (Å²) in [6.07, 6.45) is 2.44. The second-order valence-electron chi connectivity index (χ2n) is 3.32. The second-order valence-corrected chi connectivity index (χ2v) is 3.32. The number of nitrogens with one attached hydrogen (secondary N) is 1. The van der Waals surface area contributed by atoms with Crippen LogP contribution in [-0.2, 0) is 9.53 Å². The van der Waals surface area contributed by atoms with Crippen LogP contribution in [0.3, 0.4) is 0 Å². The number of carbonyl (C=O) groups is 1. The Bertz CT molecular complexity index is 151. The number of rotatable bonds is 8. The Hall–Kier alpha value is -0.610. The van der Waals surface area contributed by atoms with E-state index in [1.54, 1.807) is 0 Å². The quantitative estimate of drug-likeness (QED) is 0.568. The van der Waals surface area contributed by atoms with Gasteiger partial charge in [-0.05, 0) is 33.2 Å². The van der Waals surface area contributed by atoms with Crippen LogP contribution in [0.4, 0.5) is 0 Å². The Morgan fingerprint density at radius 3 is 2.79 bits per heavy atom. The van der Waals surface area contributed by atoms with Gasteiger partial charge in [-0.2, -0.15) is 0 Å². The largest absolute Gasteiger partial charge is 0.377 e. The number of unbranched alkanes of at least 4 members (excludes halogenated alkanes) is 1. The SMILES string of the molecule is CCOC(C)CNC(=O)CCCCN. The third-order valence-electron chi connectivity index (χ3n) is 1.90. The Morgan fingerprint density at radius 2 is 2.21 bits per heavy atom. The standard InChI is InChI=1S/C10H22N2O2/c1-3-14-9(2)8-12-10(13)6-4-5-7-11/h9H,3-8,11H2,1-2H3,(H,12,13). The summed E-state index contributed by atoms with van der Waals surface area (Å²) in [4.78, 5) is 11.2. The zero-order valence-electron chi connectivity index (χ0n) is 9.21. The topological polar surface area (TPSA) is 64.3 Å². The Morgan fingerprint density at radius 1 is 1.50 bits per heavy atom. The molecule has 14 heavy (non-hydrogen) atoms. The monoisotopic (exact) mass is 202 g/mol. The van der Waals surface area contributed by atoms with Gasteiger partial charge in [0.05, 0.1) is 6.10 Å². The van der Waals surface area contributed by atoms with Crippen LogP contribution in [0, 0.1) is 0 Å². The highest BCUT2D eigenvalue weighted by atomic mass is 16.5. The summed E-state index contributed by atoms with van der Waals surface area (Å²) in [6.45, 7) is 5.82. The van der Waals surface area contributed by atoms with Gasteiger partial charge in [-0.3, -0.25) is 4.79 Å². The third kappa shape index (κ3) is 8.01. The highest BCUT2D eigenvalue weighted by molar-refractivity contribution is 5.75. The van der Waals surface area contributed by atoms with Crippen molar-refractivity contribution in [1.29, 1.82) is 0 Å². The van der Waals surface area contributed by atoms with Crippen LogP contribution < -0.4 is 11.1 Å². The van der Waals surface area contributed by atoms with Gasteiger partial charge in [0.25, 0.3) is 0 Å². The summed E-state index contributed by atoms with van der Waals surface area (Å²) < 4.78 is 5.28. The molecule has 1 unspecified atom stereocenters. The minimum atomic E-state index is 0.0880. The lowest BCUT2D eigenvalue weighted by atomic mass is 10.2. The number of amides is 1. The fraction of sp³-hybridized carbons (Fsp3) is 0.900. The van der Waals surface area contributed by atoms with Crippen LogP contribution in [0.25, 0.3) is 0 Å². The predicted octanol–water partition coefficient (Wildman–Crippen LogP) is 0.657. The van der Waals surface area contributed by atoms with Gasteiger partial charge in [0.2, 0.25) is 5.91 Å². The molecular weight excluding hydrogens is 180 g/mol. The zero-order chi connectivity index (χ0) is 10.8. The molecule has 4 nitrogen and oxygen atoms in total. The molecular formula is C10H22N2O2. The molecule has 0 saturated carbocycles. The first-order valence-corrected chi connectivity index (χ1v) is 5.29. The maximum atomic E-state index is 11.2. The van der Waals surface area contributed by atoms with E-state index >= 15 is 0 Å². The summed E-state index contributed by atoms with van der Waals surface area (Å²) >= 11 is 0. The van der Waals surface area contributed by atoms with Gasteiger partial charge in [0.15, 0.2) is 0 Å². The van der Waals surface area contributed by atoms with Crippen LogP contribution in [0.1, 0.15) is 33.1 Å². The highest BCUT2D eigenvalue weighted by Gasteiger charge is 2.04. The normalized spacial score (nSPS) is 12.5. The van der Waals surface area contributed by atoms with E-state index in [0.29, 0.717) is 26.1 Å². The maximum Gasteiger partial charge on any atom is 0.220 e. The minimum Gasteiger partial charge on any atom is -0.377 e. The molecule has 0 rings (SSSR count). The molecule has 0 aliphatic carbocycles. The lowest BCUT2D eigenvalue weighted by Crippen LogP contribution is -2.31. The number of ether oxygens (including phenoxy) is 1. The summed E-state index contributed by atoms with van der Waals surface area (Å²) in [5.41, 5.74) is 5.32. The van der Waals surface area contributed by atoms with Gasteiger partial charge in [-0.25, -0.2) is 0 Å². The Balaban J connectivity index is 3.34. The molecule has 1 amide bonds. The summed E-state index contributed by atoms with van der Waals surface area (Å²) in [7, 11) is 0. The van der Waals surface area contributed by atoms with Gasteiger partial charge in [-0.15, -0.1) is 0 Å². The van der Waals surface area contributed by atoms with Crippen LogP contribution in [0.5, 0.6) is 0 Å². The average molecular weight is 202 g/mol. The number of carbonyl (C=O) groups excluding carboxylic acids is 1. The van der Waals surface area contributed by atoms with Gasteiger partial charge < -0.3 is 15.8 Å². The van der Waals surface area contributed by atoms with Gasteiger partial charge in [-0.1, -0.05) is 0 Å². The molecule has 0 radical (unpaired) electrons. The average Bonchev–Trinajstić information content (AvgIpc) is 2.16. The molecule has 0 aliphatic heterocycles. The number of hydrogen-bond donors (Lipinski definition) is 2. The van der Waals surface area contributed by atoms with Crippen molar-refractivity contribution >= 4 is 5.91 Å². The molecule has 0 fully saturated rings. The van der Waals surface area contributed by atoms with E-state index in [4.69, 9.17) is 10.5 Å². The van der Waals surface area contributed by atoms with Crippen molar-refractivity contribution in [1.82, 2.24) is 5.32 Å². The van der Waals surface area contributed by atoms with Crippen molar-refractivity contribution in [2.75, 3.05) is 19.7 Å². The van der Waals surface area contributed by atoms with E-state index in [-0.39, 0.29) is 12.0 Å². The molecule has 1 atom stereocenters. The van der Waals surface area contributed by atoms with Crippen LogP contribution in [0.15, 0.2) is 0 Å². The number of nitrogens with two attached hydrogens (primary N) is 1. The fourth-order valence-corrected chi connectivity index (χ4v) is 1.12. The lowest BCUT2D eigenvalue weighted by molar-refractivity contribution is -0.121. The molecule has 0 aromatic rings. The van der Waals surface area contributed by atoms with Crippen molar-refractivity contribution in [3.8, 4) is 0 Å². The van der Waals surface area contributed by atoms with E-state index in [1.165, 1.54) is 0 Å². The zero-order valence-corrected chi connectivity index (χ0v) is 9.21. The molecule has 0 saturated heterocycles. The molecule has 3 N–H and O–H groups in total. The Labute approximate surface area is 86.2 Å². The van der Waals surface area contributed by atoms with E-state index in [2.05, 4.69) is 5.32 Å². The van der Waals surface area contributed by atoms with E-state index in [9.17, 15) is 4.79 Å².